The summed E-state index contributed by atoms with van der Waals surface area (Å²) in [6, 6.07) is 9.50. The van der Waals surface area contributed by atoms with E-state index in [1.165, 1.54) is 12.1 Å². The first-order chi connectivity index (χ1) is 11.2. The van der Waals surface area contributed by atoms with Gasteiger partial charge >= 0.3 is 0 Å². The van der Waals surface area contributed by atoms with E-state index in [-0.39, 0.29) is 5.82 Å². The number of pyridine rings is 1. The van der Waals surface area contributed by atoms with Crippen LogP contribution in [-0.4, -0.2) is 24.0 Å². The number of ether oxygens (including phenoxy) is 1. The summed E-state index contributed by atoms with van der Waals surface area (Å²) in [6.07, 6.45) is 1.72. The van der Waals surface area contributed by atoms with Crippen LogP contribution in [0, 0.1) is 5.82 Å². The van der Waals surface area contributed by atoms with Crippen LogP contribution in [0.3, 0.4) is 0 Å². The van der Waals surface area contributed by atoms with Crippen LogP contribution in [0.1, 0.15) is 19.4 Å². The highest BCUT2D eigenvalue weighted by Crippen LogP contribution is 2.19. The Morgan fingerprint density at radius 2 is 1.78 bits per heavy atom. The highest BCUT2D eigenvalue weighted by atomic mass is 19.1. The van der Waals surface area contributed by atoms with Gasteiger partial charge in [0.1, 0.15) is 11.6 Å². The number of rotatable bonds is 6. The molecule has 1 aromatic heterocycles. The first-order valence-electron chi connectivity index (χ1n) is 7.61. The highest BCUT2D eigenvalue weighted by Gasteiger charge is 2.01. The third-order valence-electron chi connectivity index (χ3n) is 2.94. The second kappa shape index (κ2) is 8.73. The summed E-state index contributed by atoms with van der Waals surface area (Å²) >= 11 is 0. The summed E-state index contributed by atoms with van der Waals surface area (Å²) in [5.74, 6) is 1.49. The largest absolute Gasteiger partial charge is 0.439 e. The van der Waals surface area contributed by atoms with E-state index in [9.17, 15) is 4.39 Å². The molecule has 0 aliphatic rings. The van der Waals surface area contributed by atoms with Crippen LogP contribution in [0.5, 0.6) is 11.6 Å². The molecule has 0 radical (unpaired) electrons. The summed E-state index contributed by atoms with van der Waals surface area (Å²) < 4.78 is 18.4. The first-order valence-corrected chi connectivity index (χ1v) is 7.61. The maximum absolute atomic E-state index is 12.8. The molecule has 1 aromatic carbocycles. The molecule has 0 amide bonds. The lowest BCUT2D eigenvalue weighted by molar-refractivity contribution is 0.461. The van der Waals surface area contributed by atoms with Gasteiger partial charge < -0.3 is 15.4 Å². The van der Waals surface area contributed by atoms with E-state index in [2.05, 4.69) is 20.6 Å². The van der Waals surface area contributed by atoms with Crippen molar-refractivity contribution in [3.8, 4) is 11.6 Å². The average molecular weight is 316 g/mol. The number of hydrogen-bond acceptors (Lipinski definition) is 3. The summed E-state index contributed by atoms with van der Waals surface area (Å²) in [7, 11) is 0. The van der Waals surface area contributed by atoms with Crippen LogP contribution < -0.4 is 15.4 Å². The normalized spacial score (nSPS) is 10.0. The van der Waals surface area contributed by atoms with E-state index < -0.39 is 0 Å². The molecule has 0 saturated heterocycles. The van der Waals surface area contributed by atoms with Crippen LogP contribution in [0.15, 0.2) is 47.6 Å². The zero-order valence-corrected chi connectivity index (χ0v) is 13.3. The van der Waals surface area contributed by atoms with Crippen molar-refractivity contribution in [3.05, 3.63) is 54.0 Å². The van der Waals surface area contributed by atoms with Gasteiger partial charge in [0.25, 0.3) is 0 Å². The number of benzene rings is 1. The van der Waals surface area contributed by atoms with Crippen molar-refractivity contribution in [2.45, 2.75) is 20.4 Å². The smallest absolute Gasteiger partial charge is 0.219 e. The van der Waals surface area contributed by atoms with Gasteiger partial charge in [-0.15, -0.1) is 0 Å². The predicted molar refractivity (Wildman–Crippen MR) is 89.2 cm³/mol. The quantitative estimate of drug-likeness (QED) is 0.635. The number of aromatic nitrogens is 1. The van der Waals surface area contributed by atoms with Crippen LogP contribution in [-0.2, 0) is 6.54 Å². The summed E-state index contributed by atoms with van der Waals surface area (Å²) in [6.45, 7) is 6.20. The molecule has 6 heteroatoms. The monoisotopic (exact) mass is 316 g/mol. The zero-order chi connectivity index (χ0) is 16.5. The van der Waals surface area contributed by atoms with Gasteiger partial charge in [-0.1, -0.05) is 6.07 Å². The van der Waals surface area contributed by atoms with Crippen molar-refractivity contribution >= 4 is 5.96 Å². The molecule has 23 heavy (non-hydrogen) atoms. The van der Waals surface area contributed by atoms with Crippen molar-refractivity contribution in [1.82, 2.24) is 15.6 Å². The Kier molecular flexibility index (Phi) is 6.35. The molecule has 0 spiro atoms. The fourth-order valence-corrected chi connectivity index (χ4v) is 1.87. The van der Waals surface area contributed by atoms with E-state index >= 15 is 0 Å². The van der Waals surface area contributed by atoms with Gasteiger partial charge in [-0.25, -0.2) is 14.4 Å². The third-order valence-corrected chi connectivity index (χ3v) is 2.94. The Labute approximate surface area is 135 Å². The molecular weight excluding hydrogens is 295 g/mol. The molecule has 122 valence electrons. The number of halogens is 1. The fourth-order valence-electron chi connectivity index (χ4n) is 1.87. The van der Waals surface area contributed by atoms with Crippen molar-refractivity contribution in [3.63, 3.8) is 0 Å². The Morgan fingerprint density at radius 1 is 1.09 bits per heavy atom. The Morgan fingerprint density at radius 3 is 2.35 bits per heavy atom. The van der Waals surface area contributed by atoms with E-state index in [4.69, 9.17) is 4.74 Å². The zero-order valence-electron chi connectivity index (χ0n) is 13.3. The standard InChI is InChI=1S/C17H21FN4O/c1-3-19-17(20-4-2)22-12-13-5-10-16(21-11-13)23-15-8-6-14(18)7-9-15/h5-11H,3-4,12H2,1-2H3,(H2,19,20,22). The molecule has 2 rings (SSSR count). The van der Waals surface area contributed by atoms with Crippen LogP contribution in [0.4, 0.5) is 4.39 Å². The lowest BCUT2D eigenvalue weighted by Gasteiger charge is -2.09. The van der Waals surface area contributed by atoms with Gasteiger partial charge in [0.2, 0.25) is 5.88 Å². The Balaban J connectivity index is 1.96. The first kappa shape index (κ1) is 16.7. The molecule has 5 nitrogen and oxygen atoms in total. The maximum Gasteiger partial charge on any atom is 0.219 e. The molecule has 2 N–H and O–H groups in total. The van der Waals surface area contributed by atoms with Crippen LogP contribution >= 0.6 is 0 Å². The number of aliphatic imine (C=N–C) groups is 1. The van der Waals surface area contributed by atoms with E-state index in [1.807, 2.05) is 19.9 Å². The minimum atomic E-state index is -0.296. The number of hydrogen-bond donors (Lipinski definition) is 2. The minimum Gasteiger partial charge on any atom is -0.439 e. The average Bonchev–Trinajstić information content (AvgIpc) is 2.56. The molecule has 0 saturated carbocycles. The lowest BCUT2D eigenvalue weighted by atomic mass is 10.3. The fraction of sp³-hybridized carbons (Fsp3) is 0.294. The molecule has 0 unspecified atom stereocenters. The van der Waals surface area contributed by atoms with Crippen molar-refractivity contribution in [1.29, 1.82) is 0 Å². The molecule has 1 heterocycles. The van der Waals surface area contributed by atoms with Gasteiger partial charge in [-0.05, 0) is 43.7 Å². The Bertz CT molecular complexity index is 618. The molecular formula is C17H21FN4O. The second-order valence-corrected chi connectivity index (χ2v) is 4.79. The van der Waals surface area contributed by atoms with Crippen molar-refractivity contribution in [2.24, 2.45) is 4.99 Å². The van der Waals surface area contributed by atoms with Crippen molar-refractivity contribution < 1.29 is 9.13 Å². The minimum absolute atomic E-state index is 0.296. The van der Waals surface area contributed by atoms with Crippen molar-refractivity contribution in [2.75, 3.05) is 13.1 Å². The summed E-state index contributed by atoms with van der Waals surface area (Å²) in [4.78, 5) is 8.71. The SMILES string of the molecule is CCNC(=NCc1ccc(Oc2ccc(F)cc2)nc1)NCC. The third kappa shape index (κ3) is 5.58. The number of nitrogens with zero attached hydrogens (tertiary/aromatic N) is 2. The summed E-state index contributed by atoms with van der Waals surface area (Å²) in [5, 5.41) is 6.33. The number of nitrogens with one attached hydrogen (secondary N) is 2. The van der Waals surface area contributed by atoms with Gasteiger partial charge in [0, 0.05) is 25.4 Å². The van der Waals surface area contributed by atoms with Gasteiger partial charge in [-0.3, -0.25) is 0 Å². The lowest BCUT2D eigenvalue weighted by Crippen LogP contribution is -2.36. The van der Waals surface area contributed by atoms with E-state index in [0.717, 1.165) is 24.6 Å². The topological polar surface area (TPSA) is 58.5 Å². The van der Waals surface area contributed by atoms with E-state index in [0.29, 0.717) is 18.2 Å². The molecule has 0 atom stereocenters. The number of guanidine groups is 1. The maximum atomic E-state index is 12.8. The van der Waals surface area contributed by atoms with Gasteiger partial charge in [-0.2, -0.15) is 0 Å². The molecule has 0 fully saturated rings. The highest BCUT2D eigenvalue weighted by molar-refractivity contribution is 5.79. The molecule has 2 aromatic rings. The van der Waals surface area contributed by atoms with Gasteiger partial charge in [0.05, 0.1) is 6.54 Å². The van der Waals surface area contributed by atoms with Crippen LogP contribution in [0.25, 0.3) is 0 Å². The van der Waals surface area contributed by atoms with Gasteiger partial charge in [0.15, 0.2) is 5.96 Å². The molecule has 0 aliphatic heterocycles. The Hall–Kier alpha value is -2.63. The summed E-state index contributed by atoms with van der Waals surface area (Å²) in [5.41, 5.74) is 0.977. The predicted octanol–water partition coefficient (Wildman–Crippen LogP) is 3.09. The van der Waals surface area contributed by atoms with Crippen LogP contribution in [0.2, 0.25) is 0 Å². The molecule has 0 aliphatic carbocycles. The second-order valence-electron chi connectivity index (χ2n) is 4.79. The van der Waals surface area contributed by atoms with E-state index in [1.54, 1.807) is 24.4 Å². The molecule has 0 bridgehead atoms.